The van der Waals surface area contributed by atoms with E-state index in [-0.39, 0.29) is 11.2 Å². The summed E-state index contributed by atoms with van der Waals surface area (Å²) < 4.78 is 0. The van der Waals surface area contributed by atoms with Crippen LogP contribution in [0.4, 0.5) is 0 Å². The molecule has 5 heteroatoms. The SMILES string of the molecule is CN1CCCCC1CNCc1cc(=O)c(O)c[nH]1. The monoisotopic (exact) mass is 251 g/mol. The minimum absolute atomic E-state index is 0.231. The average Bonchev–Trinajstić information content (AvgIpc) is 2.36. The molecule has 2 heterocycles. The predicted molar refractivity (Wildman–Crippen MR) is 70.7 cm³/mol. The van der Waals surface area contributed by atoms with Gasteiger partial charge in [-0.05, 0) is 26.4 Å². The smallest absolute Gasteiger partial charge is 0.223 e. The fourth-order valence-corrected chi connectivity index (χ4v) is 2.38. The third kappa shape index (κ3) is 3.34. The molecule has 1 aromatic rings. The molecule has 5 nitrogen and oxygen atoms in total. The summed E-state index contributed by atoms with van der Waals surface area (Å²) in [4.78, 5) is 16.5. The van der Waals surface area contributed by atoms with Gasteiger partial charge in [0.1, 0.15) is 0 Å². The third-order valence-corrected chi connectivity index (χ3v) is 3.57. The van der Waals surface area contributed by atoms with Gasteiger partial charge in [0.15, 0.2) is 5.75 Å². The van der Waals surface area contributed by atoms with E-state index in [4.69, 9.17) is 5.11 Å². The Bertz CT molecular complexity index is 444. The number of hydrogen-bond acceptors (Lipinski definition) is 4. The Morgan fingerprint density at radius 2 is 2.39 bits per heavy atom. The maximum atomic E-state index is 11.3. The van der Waals surface area contributed by atoms with E-state index in [1.807, 2.05) is 0 Å². The number of aromatic nitrogens is 1. The quantitative estimate of drug-likeness (QED) is 0.735. The Hall–Kier alpha value is -1.33. The summed E-state index contributed by atoms with van der Waals surface area (Å²) in [6.07, 6.45) is 5.16. The van der Waals surface area contributed by atoms with E-state index in [0.717, 1.165) is 12.2 Å². The first-order valence-corrected chi connectivity index (χ1v) is 6.48. The number of likely N-dealkylation sites (tertiary alicyclic amines) is 1. The molecule has 1 aliphatic heterocycles. The molecule has 1 aliphatic rings. The van der Waals surface area contributed by atoms with Crippen LogP contribution in [-0.2, 0) is 6.54 Å². The second-order valence-electron chi connectivity index (χ2n) is 4.97. The minimum Gasteiger partial charge on any atom is -0.503 e. The molecular formula is C13H21N3O2. The lowest BCUT2D eigenvalue weighted by Crippen LogP contribution is -2.42. The normalized spacial score (nSPS) is 21.1. The number of piperidine rings is 1. The van der Waals surface area contributed by atoms with Crippen LogP contribution in [0.2, 0.25) is 0 Å². The fraction of sp³-hybridized carbons (Fsp3) is 0.615. The van der Waals surface area contributed by atoms with Gasteiger partial charge in [0.2, 0.25) is 5.43 Å². The molecule has 3 N–H and O–H groups in total. The van der Waals surface area contributed by atoms with Crippen molar-refractivity contribution in [2.45, 2.75) is 31.8 Å². The standard InChI is InChI=1S/C13H21N3O2/c1-16-5-3-2-4-11(16)8-14-7-10-6-12(17)13(18)9-15-10/h6,9,11,14,18H,2-5,7-8H2,1H3,(H,15,17). The van der Waals surface area contributed by atoms with Crippen molar-refractivity contribution in [2.75, 3.05) is 20.1 Å². The molecule has 1 unspecified atom stereocenters. The highest BCUT2D eigenvalue weighted by molar-refractivity contribution is 5.18. The second-order valence-corrected chi connectivity index (χ2v) is 4.97. The van der Waals surface area contributed by atoms with Crippen LogP contribution in [0.15, 0.2) is 17.1 Å². The van der Waals surface area contributed by atoms with Gasteiger partial charge in [-0.1, -0.05) is 6.42 Å². The lowest BCUT2D eigenvalue weighted by Gasteiger charge is -2.32. The van der Waals surface area contributed by atoms with Crippen LogP contribution in [0.3, 0.4) is 0 Å². The second kappa shape index (κ2) is 6.02. The van der Waals surface area contributed by atoms with E-state index >= 15 is 0 Å². The van der Waals surface area contributed by atoms with E-state index in [2.05, 4.69) is 22.2 Å². The Labute approximate surface area is 107 Å². The zero-order valence-corrected chi connectivity index (χ0v) is 10.8. The van der Waals surface area contributed by atoms with Crippen LogP contribution in [0.25, 0.3) is 0 Å². The Balaban J connectivity index is 1.80. The molecule has 2 rings (SSSR count). The lowest BCUT2D eigenvalue weighted by atomic mass is 10.0. The van der Waals surface area contributed by atoms with Gasteiger partial charge in [0, 0.05) is 37.1 Å². The van der Waals surface area contributed by atoms with Crippen LogP contribution in [0.5, 0.6) is 5.75 Å². The highest BCUT2D eigenvalue weighted by atomic mass is 16.3. The Kier molecular flexibility index (Phi) is 4.38. The molecule has 0 aliphatic carbocycles. The van der Waals surface area contributed by atoms with Gasteiger partial charge in [-0.2, -0.15) is 0 Å². The van der Waals surface area contributed by atoms with E-state index in [9.17, 15) is 4.79 Å². The summed E-state index contributed by atoms with van der Waals surface area (Å²) >= 11 is 0. The van der Waals surface area contributed by atoms with Crippen LogP contribution in [-0.4, -0.2) is 41.2 Å². The number of rotatable bonds is 4. The summed E-state index contributed by atoms with van der Waals surface area (Å²) in [5.74, 6) is -0.231. The topological polar surface area (TPSA) is 68.4 Å². The van der Waals surface area contributed by atoms with Crippen molar-refractivity contribution in [1.29, 1.82) is 0 Å². The molecule has 0 aromatic carbocycles. The largest absolute Gasteiger partial charge is 0.503 e. The van der Waals surface area contributed by atoms with Crippen molar-refractivity contribution in [3.05, 3.63) is 28.2 Å². The van der Waals surface area contributed by atoms with Crippen molar-refractivity contribution < 1.29 is 5.11 Å². The highest BCUT2D eigenvalue weighted by Gasteiger charge is 2.17. The van der Waals surface area contributed by atoms with Gasteiger partial charge in [0.05, 0.1) is 0 Å². The maximum Gasteiger partial charge on any atom is 0.223 e. The highest BCUT2D eigenvalue weighted by Crippen LogP contribution is 2.14. The third-order valence-electron chi connectivity index (χ3n) is 3.57. The van der Waals surface area contributed by atoms with Gasteiger partial charge in [-0.25, -0.2) is 0 Å². The summed E-state index contributed by atoms with van der Waals surface area (Å²) in [5.41, 5.74) is 0.469. The van der Waals surface area contributed by atoms with Gasteiger partial charge in [-0.15, -0.1) is 0 Å². The summed E-state index contributed by atoms with van der Waals surface area (Å²) in [6.45, 7) is 2.72. The predicted octanol–water partition coefficient (Wildman–Crippen LogP) is 0.654. The average molecular weight is 251 g/mol. The molecular weight excluding hydrogens is 230 g/mol. The van der Waals surface area contributed by atoms with Crippen LogP contribution in [0.1, 0.15) is 25.0 Å². The molecule has 1 fully saturated rings. The van der Waals surface area contributed by atoms with E-state index in [0.29, 0.717) is 12.6 Å². The molecule has 0 bridgehead atoms. The number of nitrogens with one attached hydrogen (secondary N) is 2. The molecule has 0 spiro atoms. The number of likely N-dealkylation sites (N-methyl/N-ethyl adjacent to an activating group) is 1. The molecule has 1 atom stereocenters. The number of nitrogens with zero attached hydrogens (tertiary/aromatic N) is 1. The first-order valence-electron chi connectivity index (χ1n) is 6.48. The first kappa shape index (κ1) is 13.1. The Morgan fingerprint density at radius 3 is 3.11 bits per heavy atom. The van der Waals surface area contributed by atoms with Gasteiger partial charge in [0.25, 0.3) is 0 Å². The molecule has 0 amide bonds. The van der Waals surface area contributed by atoms with Crippen molar-refractivity contribution in [2.24, 2.45) is 0 Å². The van der Waals surface area contributed by atoms with Crippen molar-refractivity contribution in [3.8, 4) is 5.75 Å². The Morgan fingerprint density at radius 1 is 1.56 bits per heavy atom. The van der Waals surface area contributed by atoms with E-state index in [1.165, 1.54) is 38.1 Å². The molecule has 0 saturated carbocycles. The first-order chi connectivity index (χ1) is 8.66. The molecule has 100 valence electrons. The van der Waals surface area contributed by atoms with E-state index in [1.54, 1.807) is 0 Å². The molecule has 18 heavy (non-hydrogen) atoms. The van der Waals surface area contributed by atoms with Gasteiger partial charge >= 0.3 is 0 Å². The van der Waals surface area contributed by atoms with Crippen LogP contribution in [0, 0.1) is 0 Å². The number of H-pyrrole nitrogens is 1. The minimum atomic E-state index is -0.333. The van der Waals surface area contributed by atoms with Crippen LogP contribution < -0.4 is 10.7 Å². The summed E-state index contributed by atoms with van der Waals surface area (Å²) in [7, 11) is 2.16. The van der Waals surface area contributed by atoms with Crippen LogP contribution >= 0.6 is 0 Å². The lowest BCUT2D eigenvalue weighted by molar-refractivity contribution is 0.181. The van der Waals surface area contributed by atoms with Crippen molar-refractivity contribution in [3.63, 3.8) is 0 Å². The number of pyridine rings is 1. The van der Waals surface area contributed by atoms with Gasteiger partial charge in [-0.3, -0.25) is 4.79 Å². The molecule has 1 saturated heterocycles. The van der Waals surface area contributed by atoms with Crippen molar-refractivity contribution >= 4 is 0 Å². The number of aromatic hydroxyl groups is 1. The zero-order chi connectivity index (χ0) is 13.0. The van der Waals surface area contributed by atoms with E-state index < -0.39 is 0 Å². The maximum absolute atomic E-state index is 11.3. The fourth-order valence-electron chi connectivity index (χ4n) is 2.38. The summed E-state index contributed by atoms with van der Waals surface area (Å²) in [5, 5.41) is 12.5. The van der Waals surface area contributed by atoms with Gasteiger partial charge < -0.3 is 20.3 Å². The zero-order valence-electron chi connectivity index (χ0n) is 10.8. The van der Waals surface area contributed by atoms with Crippen molar-refractivity contribution in [1.82, 2.24) is 15.2 Å². The molecule has 1 aromatic heterocycles. The number of hydrogen-bond donors (Lipinski definition) is 3. The summed E-state index contributed by atoms with van der Waals surface area (Å²) in [6, 6.07) is 2.02. The number of aromatic amines is 1. The molecule has 0 radical (unpaired) electrons.